The van der Waals surface area contributed by atoms with E-state index in [1.54, 1.807) is 11.8 Å². The van der Waals surface area contributed by atoms with E-state index < -0.39 is 11.7 Å². The lowest BCUT2D eigenvalue weighted by Gasteiger charge is -2.23. The summed E-state index contributed by atoms with van der Waals surface area (Å²) < 4.78 is 39.9. The molecule has 1 aliphatic heterocycles. The van der Waals surface area contributed by atoms with Crippen molar-refractivity contribution in [1.29, 1.82) is 0 Å². The first-order valence-electron chi connectivity index (χ1n) is 13.6. The van der Waals surface area contributed by atoms with Gasteiger partial charge < -0.3 is 10.2 Å². The highest BCUT2D eigenvalue weighted by Gasteiger charge is 2.30. The molecule has 0 spiro atoms. The number of amides is 2. The van der Waals surface area contributed by atoms with Gasteiger partial charge in [-0.2, -0.15) is 18.2 Å². The Kier molecular flexibility index (Phi) is 8.67. The lowest BCUT2D eigenvalue weighted by Crippen LogP contribution is -2.29. The van der Waals surface area contributed by atoms with E-state index in [1.807, 2.05) is 24.3 Å². The molecule has 218 valence electrons. The van der Waals surface area contributed by atoms with Crippen molar-refractivity contribution < 1.29 is 18.0 Å². The quantitative estimate of drug-likeness (QED) is 0.245. The number of hydrogen-bond donors (Lipinski definition) is 1. The summed E-state index contributed by atoms with van der Waals surface area (Å²) in [5, 5.41) is 8.01. The third kappa shape index (κ3) is 6.84. The summed E-state index contributed by atoms with van der Waals surface area (Å²) in [6.07, 6.45) is -2.30. The number of aromatic nitrogens is 3. The maximum absolute atomic E-state index is 12.8. The van der Waals surface area contributed by atoms with Gasteiger partial charge in [0.1, 0.15) is 6.33 Å². The van der Waals surface area contributed by atoms with E-state index in [0.29, 0.717) is 35.6 Å². The summed E-state index contributed by atoms with van der Waals surface area (Å²) >= 11 is 1.59. The van der Waals surface area contributed by atoms with Gasteiger partial charge in [-0.1, -0.05) is 62.0 Å². The highest BCUT2D eigenvalue weighted by Crippen LogP contribution is 2.33. The number of carbonyl (C=O) groups excluding carboxylic acids is 1. The van der Waals surface area contributed by atoms with E-state index >= 15 is 0 Å². The van der Waals surface area contributed by atoms with Gasteiger partial charge in [-0.3, -0.25) is 0 Å². The minimum absolute atomic E-state index is 0.359. The topological polar surface area (TPSA) is 75.4 Å². The van der Waals surface area contributed by atoms with Crippen LogP contribution in [0.15, 0.2) is 78.0 Å². The zero-order valence-electron chi connectivity index (χ0n) is 23.5. The Bertz CT molecular complexity index is 1580. The van der Waals surface area contributed by atoms with Gasteiger partial charge in [0.05, 0.1) is 11.3 Å². The SMILES string of the molecule is Cc1ccc(C(C)C)c(N2CCS/C2=N\C(=O)NCCc2ccc(-c3ncn(-c4ccc(C(F)(F)F)cc4)n3)cc2)c1. The molecule has 1 fully saturated rings. The Morgan fingerprint density at radius 3 is 2.50 bits per heavy atom. The van der Waals surface area contributed by atoms with Crippen LogP contribution in [0.4, 0.5) is 23.7 Å². The molecule has 11 heteroatoms. The predicted octanol–water partition coefficient (Wildman–Crippen LogP) is 7.25. The molecule has 0 unspecified atom stereocenters. The van der Waals surface area contributed by atoms with E-state index in [9.17, 15) is 18.0 Å². The number of alkyl halides is 3. The first kappa shape index (κ1) is 29.4. The largest absolute Gasteiger partial charge is 0.416 e. The van der Waals surface area contributed by atoms with Crippen molar-refractivity contribution in [3.8, 4) is 17.1 Å². The molecule has 0 radical (unpaired) electrons. The van der Waals surface area contributed by atoms with Gasteiger partial charge in [-0.15, -0.1) is 5.10 Å². The first-order chi connectivity index (χ1) is 20.1. The molecule has 0 aliphatic carbocycles. The Morgan fingerprint density at radius 1 is 1.07 bits per heavy atom. The lowest BCUT2D eigenvalue weighted by molar-refractivity contribution is -0.137. The normalized spacial score (nSPS) is 14.6. The number of carbonyl (C=O) groups is 1. The monoisotopic (exact) mass is 592 g/mol. The van der Waals surface area contributed by atoms with Gasteiger partial charge in [0, 0.05) is 30.1 Å². The van der Waals surface area contributed by atoms with Gasteiger partial charge in [0.15, 0.2) is 11.0 Å². The van der Waals surface area contributed by atoms with Crippen molar-refractivity contribution >= 4 is 28.6 Å². The highest BCUT2D eigenvalue weighted by atomic mass is 32.2. The average molecular weight is 593 g/mol. The van der Waals surface area contributed by atoms with Crippen LogP contribution >= 0.6 is 11.8 Å². The zero-order valence-corrected chi connectivity index (χ0v) is 24.3. The molecular weight excluding hydrogens is 561 g/mol. The molecule has 2 amide bonds. The second-order valence-corrected chi connectivity index (χ2v) is 11.4. The molecule has 0 bridgehead atoms. The number of urea groups is 1. The van der Waals surface area contributed by atoms with Crippen LogP contribution in [0, 0.1) is 6.92 Å². The summed E-state index contributed by atoms with van der Waals surface area (Å²) in [4.78, 5) is 23.5. The number of benzene rings is 3. The molecule has 1 aliphatic rings. The molecule has 0 atom stereocenters. The fourth-order valence-corrected chi connectivity index (χ4v) is 5.63. The molecule has 4 aromatic rings. The van der Waals surface area contributed by atoms with Crippen molar-refractivity contribution in [2.24, 2.45) is 4.99 Å². The van der Waals surface area contributed by atoms with Crippen molar-refractivity contribution in [3.63, 3.8) is 0 Å². The molecule has 0 saturated carbocycles. The molecular formula is C31H31F3N6OS. The lowest BCUT2D eigenvalue weighted by atomic mass is 9.99. The van der Waals surface area contributed by atoms with Crippen LogP contribution in [-0.2, 0) is 12.6 Å². The summed E-state index contributed by atoms with van der Waals surface area (Å²) in [7, 11) is 0. The number of rotatable bonds is 7. The van der Waals surface area contributed by atoms with E-state index in [0.717, 1.165) is 41.2 Å². The summed E-state index contributed by atoms with van der Waals surface area (Å²) in [5.74, 6) is 1.69. The molecule has 5 rings (SSSR count). The van der Waals surface area contributed by atoms with Crippen LogP contribution in [0.1, 0.15) is 42.0 Å². The van der Waals surface area contributed by atoms with Gasteiger partial charge in [-0.05, 0) is 66.3 Å². The molecule has 3 aromatic carbocycles. The van der Waals surface area contributed by atoms with Gasteiger partial charge in [0.2, 0.25) is 0 Å². The highest BCUT2D eigenvalue weighted by molar-refractivity contribution is 8.14. The summed E-state index contributed by atoms with van der Waals surface area (Å²) in [6, 6.07) is 18.5. The number of hydrogen-bond acceptors (Lipinski definition) is 4. The summed E-state index contributed by atoms with van der Waals surface area (Å²) in [6.45, 7) is 7.64. The van der Waals surface area contributed by atoms with Crippen molar-refractivity contribution in [2.45, 2.75) is 39.3 Å². The van der Waals surface area contributed by atoms with Gasteiger partial charge in [0.25, 0.3) is 0 Å². The number of anilines is 1. The van der Waals surface area contributed by atoms with E-state index in [4.69, 9.17) is 0 Å². The number of amidine groups is 1. The second-order valence-electron chi connectivity index (χ2n) is 10.3. The second kappa shape index (κ2) is 12.4. The van der Waals surface area contributed by atoms with Gasteiger partial charge >= 0.3 is 12.2 Å². The number of aryl methyl sites for hydroxylation is 1. The number of halogens is 3. The maximum Gasteiger partial charge on any atom is 0.416 e. The predicted molar refractivity (Wildman–Crippen MR) is 161 cm³/mol. The Labute approximate surface area is 246 Å². The third-order valence-electron chi connectivity index (χ3n) is 6.93. The Hall–Kier alpha value is -4.12. The van der Waals surface area contributed by atoms with Crippen LogP contribution in [0.5, 0.6) is 0 Å². The van der Waals surface area contributed by atoms with Crippen LogP contribution in [0.2, 0.25) is 0 Å². The number of nitrogens with one attached hydrogen (secondary N) is 1. The average Bonchev–Trinajstić information content (AvgIpc) is 3.63. The van der Waals surface area contributed by atoms with Crippen LogP contribution < -0.4 is 10.2 Å². The number of nitrogens with zero attached hydrogens (tertiary/aromatic N) is 5. The van der Waals surface area contributed by atoms with Crippen molar-refractivity contribution in [3.05, 3.63) is 95.3 Å². The smallest absolute Gasteiger partial charge is 0.336 e. The molecule has 1 N–H and O–H groups in total. The van der Waals surface area contributed by atoms with Crippen molar-refractivity contribution in [1.82, 2.24) is 20.1 Å². The zero-order chi connectivity index (χ0) is 29.9. The Balaban J connectivity index is 1.17. The van der Waals surface area contributed by atoms with E-state index in [2.05, 4.69) is 64.3 Å². The van der Waals surface area contributed by atoms with Crippen LogP contribution in [-0.4, -0.2) is 44.8 Å². The van der Waals surface area contributed by atoms with E-state index in [1.165, 1.54) is 34.3 Å². The number of aliphatic imine (C=N–C) groups is 1. The molecule has 42 heavy (non-hydrogen) atoms. The number of thioether (sulfide) groups is 1. The standard InChI is InChI=1S/C31H31F3N6OS/c1-20(2)26-13-4-21(3)18-27(26)39-16-17-42-30(39)37-29(41)35-15-14-22-5-7-23(8-6-22)28-36-19-40(38-28)25-11-9-24(10-12-25)31(32,33)34/h4-13,18-20H,14-17H2,1-3H3,(H,35,41)/b37-30-. The van der Waals surface area contributed by atoms with Crippen LogP contribution in [0.3, 0.4) is 0 Å². The van der Waals surface area contributed by atoms with Crippen molar-refractivity contribution in [2.75, 3.05) is 23.7 Å². The molecule has 2 heterocycles. The van der Waals surface area contributed by atoms with Gasteiger partial charge in [-0.25, -0.2) is 14.5 Å². The fraction of sp³-hybridized carbons (Fsp3) is 0.290. The summed E-state index contributed by atoms with van der Waals surface area (Å²) in [5.41, 5.74) is 5.08. The molecule has 1 saturated heterocycles. The fourth-order valence-electron chi connectivity index (χ4n) is 4.68. The minimum atomic E-state index is -4.39. The maximum atomic E-state index is 12.8. The first-order valence-corrected chi connectivity index (χ1v) is 14.6. The third-order valence-corrected chi connectivity index (χ3v) is 7.88. The van der Waals surface area contributed by atoms with E-state index in [-0.39, 0.29) is 6.03 Å². The minimum Gasteiger partial charge on any atom is -0.336 e. The van der Waals surface area contributed by atoms with Crippen LogP contribution in [0.25, 0.3) is 17.1 Å². The Morgan fingerprint density at radius 2 is 1.81 bits per heavy atom. The molecule has 1 aromatic heterocycles. The molecule has 7 nitrogen and oxygen atoms in total.